The van der Waals surface area contributed by atoms with Crippen LogP contribution in [0.1, 0.15) is 6.42 Å². The summed E-state index contributed by atoms with van der Waals surface area (Å²) >= 11 is 0. The Balaban J connectivity index is 2.59. The van der Waals surface area contributed by atoms with Crippen LogP contribution in [-0.4, -0.2) is 78.7 Å². The Morgan fingerprint density at radius 2 is 2.06 bits per heavy atom. The molecule has 1 atom stereocenters. The van der Waals surface area contributed by atoms with Gasteiger partial charge in [0, 0.05) is 33.1 Å². The predicted molar refractivity (Wildman–Crippen MR) is 58.9 cm³/mol. The minimum atomic E-state index is -2.70. The van der Waals surface area contributed by atoms with Crippen molar-refractivity contribution in [3.63, 3.8) is 0 Å². The third-order valence-electron chi connectivity index (χ3n) is 2.79. The van der Waals surface area contributed by atoms with Crippen molar-refractivity contribution in [3.8, 4) is 0 Å². The lowest BCUT2D eigenvalue weighted by Crippen LogP contribution is -2.46. The molecular weight excluding hydrogens is 232 g/mol. The van der Waals surface area contributed by atoms with E-state index in [1.165, 1.54) is 0 Å². The van der Waals surface area contributed by atoms with E-state index in [-0.39, 0.29) is 25.6 Å². The largest absolute Gasteiger partial charge is 0.480 e. The highest BCUT2D eigenvalue weighted by molar-refractivity contribution is 5.69. The molecule has 1 aliphatic rings. The van der Waals surface area contributed by atoms with Crippen molar-refractivity contribution in [1.82, 2.24) is 14.9 Å². The molecular formula is C10H19F2N3O2. The summed E-state index contributed by atoms with van der Waals surface area (Å²) in [5.74, 6) is -3.65. The Morgan fingerprint density at radius 1 is 1.47 bits per heavy atom. The maximum atomic E-state index is 13.3. The molecule has 17 heavy (non-hydrogen) atoms. The zero-order valence-electron chi connectivity index (χ0n) is 10.4. The molecule has 1 N–H and O–H groups in total. The van der Waals surface area contributed by atoms with E-state index in [1.54, 1.807) is 36.1 Å². The van der Waals surface area contributed by atoms with Gasteiger partial charge in [0.2, 0.25) is 0 Å². The van der Waals surface area contributed by atoms with E-state index in [1.807, 2.05) is 0 Å². The van der Waals surface area contributed by atoms with Crippen LogP contribution in [0.15, 0.2) is 0 Å². The Labute approximate surface area is 99.6 Å². The van der Waals surface area contributed by atoms with Crippen LogP contribution in [0.4, 0.5) is 8.78 Å². The van der Waals surface area contributed by atoms with E-state index >= 15 is 0 Å². The molecule has 0 saturated carbocycles. The molecule has 1 aliphatic heterocycles. The fourth-order valence-electron chi connectivity index (χ4n) is 2.16. The van der Waals surface area contributed by atoms with Crippen molar-refractivity contribution < 1.29 is 18.7 Å². The number of carbonyl (C=O) groups is 1. The molecule has 0 aromatic rings. The van der Waals surface area contributed by atoms with Crippen molar-refractivity contribution in [3.05, 3.63) is 0 Å². The number of carboxylic acids is 1. The molecule has 0 aromatic heterocycles. The molecule has 100 valence electrons. The summed E-state index contributed by atoms with van der Waals surface area (Å²) in [6.07, 6.45) is -0.227. The number of hydrogen-bond acceptors (Lipinski definition) is 4. The zero-order valence-corrected chi connectivity index (χ0v) is 10.4. The molecule has 1 rings (SSSR count). The van der Waals surface area contributed by atoms with Gasteiger partial charge in [-0.05, 0) is 7.05 Å². The first kappa shape index (κ1) is 14.3. The lowest BCUT2D eigenvalue weighted by Gasteiger charge is -2.31. The van der Waals surface area contributed by atoms with E-state index in [9.17, 15) is 13.6 Å². The van der Waals surface area contributed by atoms with Crippen LogP contribution in [0, 0.1) is 0 Å². The van der Waals surface area contributed by atoms with Crippen LogP contribution in [0.25, 0.3) is 0 Å². The summed E-state index contributed by atoms with van der Waals surface area (Å²) in [7, 11) is 5.05. The molecule has 0 spiro atoms. The number of rotatable bonds is 5. The van der Waals surface area contributed by atoms with Gasteiger partial charge in [-0.1, -0.05) is 0 Å². The zero-order chi connectivity index (χ0) is 13.2. The average molecular weight is 251 g/mol. The minimum absolute atomic E-state index is 0.136. The van der Waals surface area contributed by atoms with Crippen LogP contribution < -0.4 is 0 Å². The monoisotopic (exact) mass is 251 g/mol. The van der Waals surface area contributed by atoms with E-state index in [0.29, 0.717) is 6.54 Å². The molecule has 1 heterocycles. The van der Waals surface area contributed by atoms with Crippen molar-refractivity contribution in [1.29, 1.82) is 0 Å². The van der Waals surface area contributed by atoms with Crippen LogP contribution in [0.3, 0.4) is 0 Å². The predicted octanol–water partition coefficient (Wildman–Crippen LogP) is 0.189. The van der Waals surface area contributed by atoms with Crippen LogP contribution in [-0.2, 0) is 4.79 Å². The van der Waals surface area contributed by atoms with Crippen molar-refractivity contribution in [2.75, 3.05) is 40.8 Å². The first-order valence-electron chi connectivity index (χ1n) is 5.43. The smallest absolute Gasteiger partial charge is 0.317 e. The molecule has 1 saturated heterocycles. The number of halogens is 2. The van der Waals surface area contributed by atoms with Gasteiger partial charge in [-0.3, -0.25) is 9.69 Å². The third kappa shape index (κ3) is 4.18. The SMILES string of the molecule is CN(CC(=O)O)CC1CC(F)(F)CN1N(C)C. The molecule has 0 aromatic carbocycles. The Kier molecular flexibility index (Phi) is 4.40. The first-order valence-corrected chi connectivity index (χ1v) is 5.43. The van der Waals surface area contributed by atoms with Crippen LogP contribution >= 0.6 is 0 Å². The van der Waals surface area contributed by atoms with Gasteiger partial charge in [0.1, 0.15) is 0 Å². The Hall–Kier alpha value is -0.790. The second kappa shape index (κ2) is 5.24. The van der Waals surface area contributed by atoms with Gasteiger partial charge in [0.25, 0.3) is 5.92 Å². The Bertz CT molecular complexity index is 287. The quantitative estimate of drug-likeness (QED) is 0.756. The third-order valence-corrected chi connectivity index (χ3v) is 2.79. The standard InChI is InChI=1S/C10H19F2N3O2/c1-13(2)15-7-10(11,12)4-8(15)5-14(3)6-9(16)17/h8H,4-7H2,1-3H3,(H,16,17). The van der Waals surface area contributed by atoms with Gasteiger partial charge in [-0.25, -0.2) is 18.8 Å². The second-order valence-corrected chi connectivity index (χ2v) is 4.75. The molecule has 0 bridgehead atoms. The molecule has 0 amide bonds. The van der Waals surface area contributed by atoms with Gasteiger partial charge >= 0.3 is 5.97 Å². The topological polar surface area (TPSA) is 47.0 Å². The van der Waals surface area contributed by atoms with Crippen LogP contribution in [0.2, 0.25) is 0 Å². The summed E-state index contributed by atoms with van der Waals surface area (Å²) in [4.78, 5) is 12.1. The van der Waals surface area contributed by atoms with E-state index in [4.69, 9.17) is 5.11 Å². The fourth-order valence-corrected chi connectivity index (χ4v) is 2.16. The summed E-state index contributed by atoms with van der Waals surface area (Å²) in [6.45, 7) is -0.116. The number of aliphatic carboxylic acids is 1. The van der Waals surface area contributed by atoms with Gasteiger partial charge in [-0.15, -0.1) is 0 Å². The van der Waals surface area contributed by atoms with E-state index < -0.39 is 11.9 Å². The number of alkyl halides is 2. The van der Waals surface area contributed by atoms with Gasteiger partial charge < -0.3 is 5.11 Å². The fraction of sp³-hybridized carbons (Fsp3) is 0.900. The summed E-state index contributed by atoms with van der Waals surface area (Å²) < 4.78 is 26.6. The Morgan fingerprint density at radius 3 is 2.53 bits per heavy atom. The van der Waals surface area contributed by atoms with Crippen molar-refractivity contribution in [2.24, 2.45) is 0 Å². The summed E-state index contributed by atoms with van der Waals surface area (Å²) in [5.41, 5.74) is 0. The first-order chi connectivity index (χ1) is 7.71. The lowest BCUT2D eigenvalue weighted by molar-refractivity contribution is -0.138. The number of hydrogen-bond donors (Lipinski definition) is 1. The van der Waals surface area contributed by atoms with Crippen molar-refractivity contribution >= 4 is 5.97 Å². The highest BCUT2D eigenvalue weighted by atomic mass is 19.3. The molecule has 1 unspecified atom stereocenters. The lowest BCUT2D eigenvalue weighted by atomic mass is 10.2. The maximum Gasteiger partial charge on any atom is 0.317 e. The van der Waals surface area contributed by atoms with Crippen molar-refractivity contribution in [2.45, 2.75) is 18.4 Å². The maximum absolute atomic E-state index is 13.3. The highest BCUT2D eigenvalue weighted by Crippen LogP contribution is 2.32. The molecule has 5 nitrogen and oxygen atoms in total. The number of nitrogens with zero attached hydrogens (tertiary/aromatic N) is 3. The molecule has 7 heteroatoms. The molecule has 0 aliphatic carbocycles. The molecule has 0 radical (unpaired) electrons. The van der Waals surface area contributed by atoms with Gasteiger partial charge in [0.05, 0.1) is 13.1 Å². The number of hydrazine groups is 1. The highest BCUT2D eigenvalue weighted by Gasteiger charge is 2.46. The number of likely N-dealkylation sites (N-methyl/N-ethyl adjacent to an activating group) is 1. The van der Waals surface area contributed by atoms with E-state index in [0.717, 1.165) is 0 Å². The summed E-state index contributed by atoms with van der Waals surface area (Å²) in [6, 6.07) is -0.343. The number of carboxylic acid groups (broad SMARTS) is 1. The second-order valence-electron chi connectivity index (χ2n) is 4.75. The van der Waals surface area contributed by atoms with Gasteiger partial charge in [0.15, 0.2) is 0 Å². The average Bonchev–Trinajstić information content (AvgIpc) is 2.39. The normalized spacial score (nSPS) is 24.8. The van der Waals surface area contributed by atoms with Crippen LogP contribution in [0.5, 0.6) is 0 Å². The van der Waals surface area contributed by atoms with Gasteiger partial charge in [-0.2, -0.15) is 0 Å². The minimum Gasteiger partial charge on any atom is -0.480 e. The summed E-state index contributed by atoms with van der Waals surface area (Å²) in [5, 5.41) is 11.8. The molecule has 1 fully saturated rings. The van der Waals surface area contributed by atoms with E-state index in [2.05, 4.69) is 0 Å².